The predicted molar refractivity (Wildman–Crippen MR) is 143 cm³/mol. The monoisotopic (exact) mass is 491 g/mol. The van der Waals surface area contributed by atoms with Gasteiger partial charge in [-0.2, -0.15) is 0 Å². The van der Waals surface area contributed by atoms with E-state index in [0.717, 1.165) is 55.6 Å². The van der Waals surface area contributed by atoms with Crippen molar-refractivity contribution < 1.29 is 19.5 Å². The fraction of sp³-hybridized carbons (Fsp3) is 0.414. The second-order valence-electron chi connectivity index (χ2n) is 9.07. The van der Waals surface area contributed by atoms with Crippen LogP contribution in [0.4, 0.5) is 5.69 Å². The molecule has 0 saturated carbocycles. The Kier molecular flexibility index (Phi) is 10.1. The van der Waals surface area contributed by atoms with E-state index in [4.69, 9.17) is 5.11 Å². The predicted octanol–water partition coefficient (Wildman–Crippen LogP) is 4.72. The lowest BCUT2D eigenvalue weighted by Gasteiger charge is -2.21. The number of anilines is 1. The van der Waals surface area contributed by atoms with Gasteiger partial charge < -0.3 is 20.6 Å². The Hall–Kier alpha value is -3.61. The maximum Gasteiger partial charge on any atom is 0.303 e. The van der Waals surface area contributed by atoms with Crippen LogP contribution in [0.15, 0.2) is 48.5 Å². The van der Waals surface area contributed by atoms with E-state index in [1.165, 1.54) is 11.6 Å². The van der Waals surface area contributed by atoms with Gasteiger partial charge in [0.15, 0.2) is 0 Å². The molecule has 36 heavy (non-hydrogen) atoms. The SMILES string of the molecule is CCN(CC)c1ccc(C(=O)NC2CCc3cc(C=CC(=O)NCCCCCC(=O)O)ccc32)cc1. The van der Waals surface area contributed by atoms with Gasteiger partial charge in [-0.3, -0.25) is 14.4 Å². The van der Waals surface area contributed by atoms with Gasteiger partial charge in [0, 0.05) is 43.4 Å². The van der Waals surface area contributed by atoms with Crippen molar-refractivity contribution in [1.82, 2.24) is 10.6 Å². The Labute approximate surface area is 213 Å². The van der Waals surface area contributed by atoms with Gasteiger partial charge in [0.25, 0.3) is 5.91 Å². The summed E-state index contributed by atoms with van der Waals surface area (Å²) in [5, 5.41) is 14.6. The highest BCUT2D eigenvalue weighted by Crippen LogP contribution is 2.32. The Morgan fingerprint density at radius 3 is 2.47 bits per heavy atom. The molecule has 7 nitrogen and oxygen atoms in total. The normalized spacial score (nSPS) is 14.4. The molecule has 2 amide bonds. The van der Waals surface area contributed by atoms with Gasteiger partial charge in [0.1, 0.15) is 0 Å². The molecule has 3 rings (SSSR count). The summed E-state index contributed by atoms with van der Waals surface area (Å²) in [7, 11) is 0. The number of amides is 2. The lowest BCUT2D eigenvalue weighted by Crippen LogP contribution is -2.27. The van der Waals surface area contributed by atoms with Gasteiger partial charge in [0.2, 0.25) is 5.91 Å². The van der Waals surface area contributed by atoms with Crippen molar-refractivity contribution >= 4 is 29.5 Å². The number of fused-ring (bicyclic) bond motifs is 1. The van der Waals surface area contributed by atoms with Crippen molar-refractivity contribution in [2.45, 2.75) is 58.4 Å². The molecule has 0 fully saturated rings. The summed E-state index contributed by atoms with van der Waals surface area (Å²) in [6.45, 7) is 6.63. The minimum absolute atomic E-state index is 0.0163. The van der Waals surface area contributed by atoms with E-state index in [9.17, 15) is 14.4 Å². The van der Waals surface area contributed by atoms with Crippen molar-refractivity contribution in [2.24, 2.45) is 0 Å². The number of unbranched alkanes of at least 4 members (excludes halogenated alkanes) is 2. The number of carboxylic acids is 1. The van der Waals surface area contributed by atoms with Crippen molar-refractivity contribution in [1.29, 1.82) is 0 Å². The first-order chi connectivity index (χ1) is 17.4. The number of carbonyl (C=O) groups is 3. The molecule has 0 bridgehead atoms. The van der Waals surface area contributed by atoms with Crippen LogP contribution in [0.3, 0.4) is 0 Å². The third kappa shape index (κ3) is 7.70. The summed E-state index contributed by atoms with van der Waals surface area (Å²) in [4.78, 5) is 37.6. The van der Waals surface area contributed by atoms with Crippen LogP contribution in [0, 0.1) is 0 Å². The largest absolute Gasteiger partial charge is 0.481 e. The minimum atomic E-state index is -0.786. The molecule has 2 aromatic rings. The molecule has 0 radical (unpaired) electrons. The molecule has 1 aliphatic carbocycles. The quantitative estimate of drug-likeness (QED) is 0.278. The van der Waals surface area contributed by atoms with Crippen molar-refractivity contribution in [3.8, 4) is 0 Å². The summed E-state index contributed by atoms with van der Waals surface area (Å²) in [6.07, 6.45) is 7.39. The zero-order chi connectivity index (χ0) is 25.9. The van der Waals surface area contributed by atoms with Crippen LogP contribution in [0.25, 0.3) is 6.08 Å². The average molecular weight is 492 g/mol. The van der Waals surface area contributed by atoms with Crippen molar-refractivity contribution in [2.75, 3.05) is 24.5 Å². The van der Waals surface area contributed by atoms with Crippen LogP contribution in [0.2, 0.25) is 0 Å². The van der Waals surface area contributed by atoms with E-state index in [1.807, 2.05) is 36.4 Å². The van der Waals surface area contributed by atoms with Gasteiger partial charge in [0.05, 0.1) is 6.04 Å². The molecule has 0 aromatic heterocycles. The van der Waals surface area contributed by atoms with Gasteiger partial charge in [-0.15, -0.1) is 0 Å². The second-order valence-corrected chi connectivity index (χ2v) is 9.07. The molecular weight excluding hydrogens is 454 g/mol. The van der Waals surface area contributed by atoms with Gasteiger partial charge >= 0.3 is 5.97 Å². The number of aliphatic carboxylic acids is 1. The van der Waals surface area contributed by atoms with Gasteiger partial charge in [-0.05, 0) is 86.6 Å². The number of hydrogen-bond acceptors (Lipinski definition) is 4. The fourth-order valence-electron chi connectivity index (χ4n) is 4.57. The number of nitrogens with zero attached hydrogens (tertiary/aromatic N) is 1. The first kappa shape index (κ1) is 27.0. The number of hydrogen-bond donors (Lipinski definition) is 3. The molecule has 3 N–H and O–H groups in total. The summed E-state index contributed by atoms with van der Waals surface area (Å²) in [5.74, 6) is -1.01. The van der Waals surface area contributed by atoms with E-state index < -0.39 is 5.97 Å². The smallest absolute Gasteiger partial charge is 0.303 e. The van der Waals surface area contributed by atoms with Crippen molar-refractivity contribution in [3.63, 3.8) is 0 Å². The fourth-order valence-corrected chi connectivity index (χ4v) is 4.57. The Morgan fingerprint density at radius 1 is 1.03 bits per heavy atom. The maximum atomic E-state index is 12.8. The molecular formula is C29H37N3O4. The van der Waals surface area contributed by atoms with Crippen LogP contribution >= 0.6 is 0 Å². The lowest BCUT2D eigenvalue weighted by atomic mass is 10.0. The molecule has 0 aliphatic heterocycles. The Bertz CT molecular complexity index is 1070. The molecule has 1 unspecified atom stereocenters. The van der Waals surface area contributed by atoms with E-state index in [2.05, 4.69) is 35.4 Å². The van der Waals surface area contributed by atoms with Crippen LogP contribution in [-0.2, 0) is 16.0 Å². The zero-order valence-corrected chi connectivity index (χ0v) is 21.3. The number of carbonyl (C=O) groups excluding carboxylic acids is 2. The van der Waals surface area contributed by atoms with E-state index in [-0.39, 0.29) is 24.3 Å². The second kappa shape index (κ2) is 13.5. The van der Waals surface area contributed by atoms with Crippen molar-refractivity contribution in [3.05, 3.63) is 70.8 Å². The Morgan fingerprint density at radius 2 is 1.78 bits per heavy atom. The number of carboxylic acid groups (broad SMARTS) is 1. The zero-order valence-electron chi connectivity index (χ0n) is 21.3. The van der Waals surface area contributed by atoms with Crippen LogP contribution in [0.1, 0.15) is 79.0 Å². The third-order valence-corrected chi connectivity index (χ3v) is 6.60. The molecule has 1 aliphatic rings. The number of aryl methyl sites for hydroxylation is 1. The first-order valence-corrected chi connectivity index (χ1v) is 12.9. The number of rotatable bonds is 13. The minimum Gasteiger partial charge on any atom is -0.481 e. The highest BCUT2D eigenvalue weighted by atomic mass is 16.4. The molecule has 2 aromatic carbocycles. The van der Waals surface area contributed by atoms with E-state index >= 15 is 0 Å². The summed E-state index contributed by atoms with van der Waals surface area (Å²) in [6, 6.07) is 13.8. The summed E-state index contributed by atoms with van der Waals surface area (Å²) >= 11 is 0. The first-order valence-electron chi connectivity index (χ1n) is 12.9. The molecule has 0 saturated heterocycles. The highest BCUT2D eigenvalue weighted by Gasteiger charge is 2.24. The van der Waals surface area contributed by atoms with Crippen LogP contribution in [0.5, 0.6) is 0 Å². The average Bonchev–Trinajstić information content (AvgIpc) is 3.27. The lowest BCUT2D eigenvalue weighted by molar-refractivity contribution is -0.137. The van der Waals surface area contributed by atoms with Crippen LogP contribution < -0.4 is 15.5 Å². The summed E-state index contributed by atoms with van der Waals surface area (Å²) in [5.41, 5.74) is 5.05. The topological polar surface area (TPSA) is 98.7 Å². The third-order valence-electron chi connectivity index (χ3n) is 6.60. The summed E-state index contributed by atoms with van der Waals surface area (Å²) < 4.78 is 0. The standard InChI is InChI=1S/C29H37N3O4/c1-3-32(4-2)24-14-11-22(12-15-24)29(36)31-26-17-13-23-20-21(9-16-25(23)26)10-18-27(33)30-19-7-5-6-8-28(34)35/h9-12,14-16,18,20,26H,3-8,13,17,19H2,1-2H3,(H,30,33)(H,31,36)(H,34,35). The molecule has 1 atom stereocenters. The molecule has 192 valence electrons. The molecule has 0 spiro atoms. The van der Waals surface area contributed by atoms with Crippen LogP contribution in [-0.4, -0.2) is 42.5 Å². The number of benzene rings is 2. The Balaban J connectivity index is 1.50. The maximum absolute atomic E-state index is 12.8. The van der Waals surface area contributed by atoms with E-state index in [0.29, 0.717) is 18.5 Å². The highest BCUT2D eigenvalue weighted by molar-refractivity contribution is 5.95. The molecule has 7 heteroatoms. The molecule has 0 heterocycles. The number of nitrogens with one attached hydrogen (secondary N) is 2. The van der Waals surface area contributed by atoms with Gasteiger partial charge in [-0.25, -0.2) is 0 Å². The van der Waals surface area contributed by atoms with E-state index in [1.54, 1.807) is 6.08 Å². The van der Waals surface area contributed by atoms with Gasteiger partial charge in [-0.1, -0.05) is 24.6 Å².